The highest BCUT2D eigenvalue weighted by Gasteiger charge is 2.14. The van der Waals surface area contributed by atoms with Gasteiger partial charge in [0.25, 0.3) is 5.91 Å². The number of hydrogen-bond donors (Lipinski definition) is 1. The van der Waals surface area contributed by atoms with Crippen molar-refractivity contribution in [2.24, 2.45) is 0 Å². The number of rotatable bonds is 6. The zero-order chi connectivity index (χ0) is 21.6. The lowest BCUT2D eigenvalue weighted by atomic mass is 10.1. The lowest BCUT2D eigenvalue weighted by Crippen LogP contribution is -2.36. The van der Waals surface area contributed by atoms with Gasteiger partial charge in [-0.1, -0.05) is 12.1 Å². The molecule has 4 rings (SSSR count). The lowest BCUT2D eigenvalue weighted by molar-refractivity contribution is 0.102. The van der Waals surface area contributed by atoms with Crippen LogP contribution in [0, 0.1) is 0 Å². The van der Waals surface area contributed by atoms with Gasteiger partial charge in [-0.25, -0.2) is 9.97 Å². The first-order chi connectivity index (χ1) is 15.2. The van der Waals surface area contributed by atoms with Gasteiger partial charge < -0.3 is 24.4 Å². The molecule has 1 aliphatic heterocycles. The molecular weight excluding hydrogens is 396 g/mol. The smallest absolute Gasteiger partial charge is 0.255 e. The summed E-state index contributed by atoms with van der Waals surface area (Å²) in [5, 5.41) is 2.88. The van der Waals surface area contributed by atoms with E-state index in [1.807, 2.05) is 18.2 Å². The predicted octanol–water partition coefficient (Wildman–Crippen LogP) is 3.25. The summed E-state index contributed by atoms with van der Waals surface area (Å²) in [6.45, 7) is 3.01. The van der Waals surface area contributed by atoms with Crippen LogP contribution < -0.4 is 19.7 Å². The number of ether oxygens (including phenoxy) is 3. The van der Waals surface area contributed by atoms with Crippen molar-refractivity contribution in [1.29, 1.82) is 0 Å². The first-order valence-electron chi connectivity index (χ1n) is 9.96. The zero-order valence-electron chi connectivity index (χ0n) is 17.5. The van der Waals surface area contributed by atoms with Crippen LogP contribution in [0.3, 0.4) is 0 Å². The lowest BCUT2D eigenvalue weighted by Gasteiger charge is -2.27. The van der Waals surface area contributed by atoms with Gasteiger partial charge in [0, 0.05) is 54.2 Å². The molecule has 8 heteroatoms. The topological polar surface area (TPSA) is 85.8 Å². The second-order valence-electron chi connectivity index (χ2n) is 6.99. The van der Waals surface area contributed by atoms with E-state index in [1.165, 1.54) is 0 Å². The molecule has 0 bridgehead atoms. The average Bonchev–Trinajstić information content (AvgIpc) is 2.84. The highest BCUT2D eigenvalue weighted by molar-refractivity contribution is 6.04. The van der Waals surface area contributed by atoms with Gasteiger partial charge in [0.2, 0.25) is 0 Å². The fourth-order valence-electron chi connectivity index (χ4n) is 3.35. The normalized spacial score (nSPS) is 13.5. The van der Waals surface area contributed by atoms with E-state index in [0.717, 1.165) is 30.2 Å². The van der Waals surface area contributed by atoms with E-state index in [1.54, 1.807) is 50.9 Å². The Labute approximate surface area is 180 Å². The number of anilines is 2. The van der Waals surface area contributed by atoms with Gasteiger partial charge in [-0.15, -0.1) is 0 Å². The third kappa shape index (κ3) is 4.92. The Morgan fingerprint density at radius 2 is 1.65 bits per heavy atom. The van der Waals surface area contributed by atoms with Crippen LogP contribution in [-0.2, 0) is 4.74 Å². The van der Waals surface area contributed by atoms with Crippen LogP contribution in [-0.4, -0.2) is 56.4 Å². The van der Waals surface area contributed by atoms with Crippen LogP contribution in [0.2, 0.25) is 0 Å². The van der Waals surface area contributed by atoms with Crippen molar-refractivity contribution in [2.45, 2.75) is 0 Å². The first kappa shape index (κ1) is 20.6. The van der Waals surface area contributed by atoms with Crippen molar-refractivity contribution >= 4 is 17.4 Å². The van der Waals surface area contributed by atoms with E-state index < -0.39 is 0 Å². The zero-order valence-corrected chi connectivity index (χ0v) is 17.5. The van der Waals surface area contributed by atoms with E-state index in [9.17, 15) is 4.79 Å². The molecule has 0 atom stereocenters. The summed E-state index contributed by atoms with van der Waals surface area (Å²) in [7, 11) is 3.13. The largest absolute Gasteiger partial charge is 0.497 e. The van der Waals surface area contributed by atoms with Gasteiger partial charge >= 0.3 is 0 Å². The molecule has 2 aromatic carbocycles. The number of morpholine rings is 1. The molecule has 3 aromatic rings. The fourth-order valence-corrected chi connectivity index (χ4v) is 3.35. The molecule has 0 radical (unpaired) electrons. The molecule has 0 saturated carbocycles. The van der Waals surface area contributed by atoms with E-state index in [0.29, 0.717) is 36.0 Å². The van der Waals surface area contributed by atoms with Crippen LogP contribution >= 0.6 is 0 Å². The third-order valence-corrected chi connectivity index (χ3v) is 5.04. The highest BCUT2D eigenvalue weighted by atomic mass is 16.5. The number of benzene rings is 2. The Kier molecular flexibility index (Phi) is 6.28. The summed E-state index contributed by atoms with van der Waals surface area (Å²) >= 11 is 0. The SMILES string of the molecule is COc1cc(NC(=O)c2ccc(-c3cc(N4CCOCC4)ncn3)cc2)cc(OC)c1. The monoisotopic (exact) mass is 420 g/mol. The maximum absolute atomic E-state index is 12.7. The van der Waals surface area contributed by atoms with Gasteiger partial charge in [0.15, 0.2) is 0 Å². The number of carbonyl (C=O) groups excluding carboxylic acids is 1. The number of methoxy groups -OCH3 is 2. The summed E-state index contributed by atoms with van der Waals surface area (Å²) < 4.78 is 15.9. The van der Waals surface area contributed by atoms with E-state index in [-0.39, 0.29) is 5.91 Å². The van der Waals surface area contributed by atoms with Crippen LogP contribution in [0.15, 0.2) is 54.9 Å². The molecule has 8 nitrogen and oxygen atoms in total. The van der Waals surface area contributed by atoms with Crippen LogP contribution in [0.4, 0.5) is 11.5 Å². The molecule has 31 heavy (non-hydrogen) atoms. The molecule has 0 aliphatic carbocycles. The van der Waals surface area contributed by atoms with Crippen molar-refractivity contribution in [3.05, 3.63) is 60.4 Å². The summed E-state index contributed by atoms with van der Waals surface area (Å²) in [6, 6.07) is 14.5. The van der Waals surface area contributed by atoms with Crippen molar-refractivity contribution in [3.8, 4) is 22.8 Å². The second-order valence-corrected chi connectivity index (χ2v) is 6.99. The molecule has 1 N–H and O–H groups in total. The molecule has 1 amide bonds. The molecule has 1 fully saturated rings. The fraction of sp³-hybridized carbons (Fsp3) is 0.261. The van der Waals surface area contributed by atoms with E-state index in [2.05, 4.69) is 20.2 Å². The maximum atomic E-state index is 12.7. The Morgan fingerprint density at radius 1 is 0.968 bits per heavy atom. The Morgan fingerprint density at radius 3 is 2.29 bits per heavy atom. The second kappa shape index (κ2) is 9.44. The Hall–Kier alpha value is -3.65. The van der Waals surface area contributed by atoms with Crippen molar-refractivity contribution in [3.63, 3.8) is 0 Å². The maximum Gasteiger partial charge on any atom is 0.255 e. The summed E-state index contributed by atoms with van der Waals surface area (Å²) in [6.07, 6.45) is 1.57. The first-order valence-corrected chi connectivity index (χ1v) is 9.96. The minimum absolute atomic E-state index is 0.224. The number of amides is 1. The third-order valence-electron chi connectivity index (χ3n) is 5.04. The summed E-state index contributed by atoms with van der Waals surface area (Å²) in [5.74, 6) is 1.86. The number of hydrogen-bond acceptors (Lipinski definition) is 7. The van der Waals surface area contributed by atoms with Crippen molar-refractivity contribution in [2.75, 3.05) is 50.7 Å². The summed E-state index contributed by atoms with van der Waals surface area (Å²) in [5.41, 5.74) is 2.85. The number of nitrogens with one attached hydrogen (secondary N) is 1. The number of carbonyl (C=O) groups is 1. The Balaban J connectivity index is 1.49. The average molecular weight is 420 g/mol. The molecule has 2 heterocycles. The predicted molar refractivity (Wildman–Crippen MR) is 118 cm³/mol. The molecular formula is C23H24N4O4. The van der Waals surface area contributed by atoms with Gasteiger partial charge in [-0.2, -0.15) is 0 Å². The quantitative estimate of drug-likeness (QED) is 0.655. The van der Waals surface area contributed by atoms with E-state index >= 15 is 0 Å². The molecule has 1 aliphatic rings. The van der Waals surface area contributed by atoms with Crippen LogP contribution in [0.25, 0.3) is 11.3 Å². The van der Waals surface area contributed by atoms with Crippen LogP contribution in [0.5, 0.6) is 11.5 Å². The molecule has 1 aromatic heterocycles. The van der Waals surface area contributed by atoms with Crippen molar-refractivity contribution in [1.82, 2.24) is 9.97 Å². The van der Waals surface area contributed by atoms with Crippen molar-refractivity contribution < 1.29 is 19.0 Å². The number of nitrogens with zero attached hydrogens (tertiary/aromatic N) is 3. The summed E-state index contributed by atoms with van der Waals surface area (Å²) in [4.78, 5) is 23.6. The van der Waals surface area contributed by atoms with Gasteiger partial charge in [-0.3, -0.25) is 4.79 Å². The standard InChI is InChI=1S/C23H24N4O4/c1-29-19-11-18(12-20(13-19)30-2)26-23(28)17-5-3-16(4-6-17)21-14-22(25-15-24-21)27-7-9-31-10-8-27/h3-6,11-15H,7-10H2,1-2H3,(H,26,28). The minimum Gasteiger partial charge on any atom is -0.497 e. The Bertz CT molecular complexity index is 1030. The molecule has 160 valence electrons. The van der Waals surface area contributed by atoms with Crippen LogP contribution in [0.1, 0.15) is 10.4 Å². The van der Waals surface area contributed by atoms with E-state index in [4.69, 9.17) is 14.2 Å². The molecule has 1 saturated heterocycles. The number of aromatic nitrogens is 2. The van der Waals surface area contributed by atoms with Gasteiger partial charge in [0.05, 0.1) is 33.1 Å². The molecule has 0 unspecified atom stereocenters. The minimum atomic E-state index is -0.224. The van der Waals surface area contributed by atoms with Gasteiger partial charge in [0.1, 0.15) is 23.6 Å². The molecule has 0 spiro atoms. The van der Waals surface area contributed by atoms with Gasteiger partial charge in [-0.05, 0) is 12.1 Å². The highest BCUT2D eigenvalue weighted by Crippen LogP contribution is 2.26.